The molecule has 0 aromatic heterocycles. The van der Waals surface area contributed by atoms with Gasteiger partial charge in [-0.25, -0.2) is 4.79 Å². The molecule has 1 rings (SSSR count). The minimum absolute atomic E-state index is 0.0669. The topological polar surface area (TPSA) is 65.0 Å². The Kier molecular flexibility index (Phi) is 9.42. The number of esters is 1. The van der Waals surface area contributed by atoms with E-state index in [1.165, 1.54) is 46.0 Å². The van der Waals surface area contributed by atoms with Crippen LogP contribution in [0.15, 0.2) is 18.2 Å². The highest BCUT2D eigenvalue weighted by molar-refractivity contribution is 5.87. The van der Waals surface area contributed by atoms with E-state index < -0.39 is 0 Å². The number of ether oxygens (including phenoxy) is 3. The van der Waals surface area contributed by atoms with Gasteiger partial charge in [0.1, 0.15) is 0 Å². The molecule has 0 radical (unpaired) electrons. The first-order valence-electron chi connectivity index (χ1n) is 8.42. The van der Waals surface area contributed by atoms with E-state index in [1.807, 2.05) is 0 Å². The second kappa shape index (κ2) is 11.4. The normalized spacial score (nSPS) is 10.8. The number of unbranched alkanes of at least 4 members (excludes halogenated alkanes) is 5. The number of carbonyl (C=O) groups is 1. The van der Waals surface area contributed by atoms with E-state index in [-0.39, 0.29) is 23.2 Å². The van der Waals surface area contributed by atoms with Crippen molar-refractivity contribution in [3.8, 4) is 17.2 Å². The van der Waals surface area contributed by atoms with Gasteiger partial charge in [0.2, 0.25) is 5.75 Å². The summed E-state index contributed by atoms with van der Waals surface area (Å²) in [7, 11) is 2.91. The van der Waals surface area contributed by atoms with Crippen LogP contribution in [0.1, 0.15) is 51.0 Å². The van der Waals surface area contributed by atoms with Gasteiger partial charge < -0.3 is 19.3 Å². The van der Waals surface area contributed by atoms with E-state index >= 15 is 0 Å². The van der Waals surface area contributed by atoms with Gasteiger partial charge >= 0.3 is 5.97 Å². The van der Waals surface area contributed by atoms with Crippen LogP contribution < -0.4 is 9.47 Å². The summed E-state index contributed by atoms with van der Waals surface area (Å²) in [5.41, 5.74) is 0.679. The molecule has 0 aliphatic rings. The number of rotatable bonds is 11. The summed E-state index contributed by atoms with van der Waals surface area (Å²) in [6.45, 7) is 2.63. The number of hydrogen-bond donors (Lipinski definition) is 1. The summed E-state index contributed by atoms with van der Waals surface area (Å²) < 4.78 is 15.3. The molecule has 0 saturated carbocycles. The Balaban J connectivity index is 2.44. The molecule has 5 nitrogen and oxygen atoms in total. The Morgan fingerprint density at radius 2 is 1.62 bits per heavy atom. The standard InChI is InChI=1S/C19H28O5/c1-4-5-6-7-8-9-12-24-18(20)11-10-15-13-16(22-2)19(21)17(14-15)23-3/h10-11,13-14,21H,4-9,12H2,1-3H3/b11-10+. The number of phenols is 1. The maximum atomic E-state index is 11.7. The van der Waals surface area contributed by atoms with E-state index in [0.29, 0.717) is 12.2 Å². The smallest absolute Gasteiger partial charge is 0.330 e. The number of phenolic OH excluding ortho intramolecular Hbond substituents is 1. The lowest BCUT2D eigenvalue weighted by atomic mass is 10.1. The Hall–Kier alpha value is -2.17. The molecule has 0 amide bonds. The fourth-order valence-corrected chi connectivity index (χ4v) is 2.28. The third kappa shape index (κ3) is 6.94. The minimum Gasteiger partial charge on any atom is -0.502 e. The number of methoxy groups -OCH3 is 2. The molecule has 0 aliphatic carbocycles. The van der Waals surface area contributed by atoms with Crippen LogP contribution in [-0.4, -0.2) is 31.9 Å². The van der Waals surface area contributed by atoms with Crippen molar-refractivity contribution in [2.45, 2.75) is 45.4 Å². The molecule has 1 N–H and O–H groups in total. The summed E-state index contributed by atoms with van der Waals surface area (Å²) in [4.78, 5) is 11.7. The van der Waals surface area contributed by atoms with Gasteiger partial charge in [-0.05, 0) is 30.2 Å². The average Bonchev–Trinajstić information content (AvgIpc) is 2.60. The molecule has 0 heterocycles. The van der Waals surface area contributed by atoms with Crippen molar-refractivity contribution in [1.29, 1.82) is 0 Å². The van der Waals surface area contributed by atoms with Crippen molar-refractivity contribution in [1.82, 2.24) is 0 Å². The van der Waals surface area contributed by atoms with Crippen molar-refractivity contribution in [2.75, 3.05) is 20.8 Å². The zero-order valence-corrected chi connectivity index (χ0v) is 14.8. The van der Waals surface area contributed by atoms with Crippen LogP contribution in [0.3, 0.4) is 0 Å². The van der Waals surface area contributed by atoms with Crippen molar-refractivity contribution < 1.29 is 24.1 Å². The summed E-state index contributed by atoms with van der Waals surface area (Å²) in [6, 6.07) is 3.24. The fraction of sp³-hybridized carbons (Fsp3) is 0.526. The molecular formula is C19H28O5. The van der Waals surface area contributed by atoms with Crippen LogP contribution >= 0.6 is 0 Å². The number of benzene rings is 1. The largest absolute Gasteiger partial charge is 0.502 e. The molecule has 1 aromatic rings. The molecule has 1 aromatic carbocycles. The number of carbonyl (C=O) groups excluding carboxylic acids is 1. The SMILES string of the molecule is CCCCCCCCOC(=O)/C=C/c1cc(OC)c(O)c(OC)c1. The molecule has 0 saturated heterocycles. The van der Waals surface area contributed by atoms with E-state index in [1.54, 1.807) is 18.2 Å². The van der Waals surface area contributed by atoms with Gasteiger partial charge in [-0.1, -0.05) is 39.0 Å². The first-order valence-corrected chi connectivity index (χ1v) is 8.42. The third-order valence-electron chi connectivity index (χ3n) is 3.66. The highest BCUT2D eigenvalue weighted by Crippen LogP contribution is 2.37. The van der Waals surface area contributed by atoms with Crippen molar-refractivity contribution in [2.24, 2.45) is 0 Å². The van der Waals surface area contributed by atoms with Gasteiger partial charge in [-0.15, -0.1) is 0 Å². The first-order chi connectivity index (χ1) is 11.6. The molecule has 0 aliphatic heterocycles. The highest BCUT2D eigenvalue weighted by atomic mass is 16.5. The average molecular weight is 336 g/mol. The van der Waals surface area contributed by atoms with Crippen LogP contribution in [0.4, 0.5) is 0 Å². The van der Waals surface area contributed by atoms with Gasteiger partial charge in [0, 0.05) is 6.08 Å². The minimum atomic E-state index is -0.380. The lowest BCUT2D eigenvalue weighted by Crippen LogP contribution is -2.02. The molecule has 134 valence electrons. The molecule has 5 heteroatoms. The zero-order valence-electron chi connectivity index (χ0n) is 14.8. The monoisotopic (exact) mass is 336 g/mol. The predicted molar refractivity (Wildman–Crippen MR) is 94.6 cm³/mol. The maximum absolute atomic E-state index is 11.7. The Bertz CT molecular complexity index is 512. The van der Waals surface area contributed by atoms with Crippen LogP contribution in [-0.2, 0) is 9.53 Å². The second-order valence-electron chi connectivity index (χ2n) is 5.54. The fourth-order valence-electron chi connectivity index (χ4n) is 2.28. The second-order valence-corrected chi connectivity index (χ2v) is 5.54. The first kappa shape index (κ1) is 19.9. The van der Waals surface area contributed by atoms with Crippen LogP contribution in [0.5, 0.6) is 17.2 Å². The summed E-state index contributed by atoms with van der Waals surface area (Å²) >= 11 is 0. The Morgan fingerprint density at radius 3 is 2.21 bits per heavy atom. The van der Waals surface area contributed by atoms with Gasteiger partial charge in [0.25, 0.3) is 0 Å². The molecule has 0 atom stereocenters. The lowest BCUT2D eigenvalue weighted by molar-refractivity contribution is -0.137. The third-order valence-corrected chi connectivity index (χ3v) is 3.66. The lowest BCUT2D eigenvalue weighted by Gasteiger charge is -2.09. The quantitative estimate of drug-likeness (QED) is 0.370. The number of hydrogen-bond acceptors (Lipinski definition) is 5. The van der Waals surface area contributed by atoms with Crippen LogP contribution in [0, 0.1) is 0 Å². The van der Waals surface area contributed by atoms with E-state index in [9.17, 15) is 9.90 Å². The van der Waals surface area contributed by atoms with Crippen LogP contribution in [0.2, 0.25) is 0 Å². The summed E-state index contributed by atoms with van der Waals surface area (Å²) in [5.74, 6) is 0.126. The van der Waals surface area contributed by atoms with E-state index in [0.717, 1.165) is 12.8 Å². The summed E-state index contributed by atoms with van der Waals surface area (Å²) in [5, 5.41) is 9.85. The maximum Gasteiger partial charge on any atom is 0.330 e. The van der Waals surface area contributed by atoms with E-state index in [2.05, 4.69) is 6.92 Å². The van der Waals surface area contributed by atoms with Gasteiger partial charge in [0.15, 0.2) is 11.5 Å². The Morgan fingerprint density at radius 1 is 1.04 bits per heavy atom. The predicted octanol–water partition coefficient (Wildman–Crippen LogP) is 4.33. The number of aromatic hydroxyl groups is 1. The van der Waals surface area contributed by atoms with Crippen molar-refractivity contribution in [3.05, 3.63) is 23.8 Å². The molecule has 24 heavy (non-hydrogen) atoms. The molecule has 0 unspecified atom stereocenters. The van der Waals surface area contributed by atoms with Gasteiger partial charge in [0.05, 0.1) is 20.8 Å². The van der Waals surface area contributed by atoms with Gasteiger partial charge in [-0.3, -0.25) is 0 Å². The molecule has 0 fully saturated rings. The van der Waals surface area contributed by atoms with E-state index in [4.69, 9.17) is 14.2 Å². The van der Waals surface area contributed by atoms with Crippen molar-refractivity contribution in [3.63, 3.8) is 0 Å². The van der Waals surface area contributed by atoms with Crippen molar-refractivity contribution >= 4 is 12.0 Å². The molecular weight excluding hydrogens is 308 g/mol. The zero-order chi connectivity index (χ0) is 17.8. The summed E-state index contributed by atoms with van der Waals surface area (Å²) in [6.07, 6.45) is 9.88. The Labute approximate surface area is 144 Å². The highest BCUT2D eigenvalue weighted by Gasteiger charge is 2.10. The van der Waals surface area contributed by atoms with Gasteiger partial charge in [-0.2, -0.15) is 0 Å². The van der Waals surface area contributed by atoms with Crippen LogP contribution in [0.25, 0.3) is 6.08 Å². The molecule has 0 bridgehead atoms. The molecule has 0 spiro atoms.